The van der Waals surface area contributed by atoms with Gasteiger partial charge in [0.25, 0.3) is 0 Å². The molecular formula is C41H38N2. The Balaban J connectivity index is 0.988. The normalized spacial score (nSPS) is 11.0. The summed E-state index contributed by atoms with van der Waals surface area (Å²) >= 11 is 0. The molecule has 6 rings (SSSR count). The van der Waals surface area contributed by atoms with Crippen molar-refractivity contribution >= 4 is 11.4 Å². The summed E-state index contributed by atoms with van der Waals surface area (Å²) in [7, 11) is 0. The minimum absolute atomic E-state index is 0.808. The third-order valence-corrected chi connectivity index (χ3v) is 8.09. The molecule has 0 bridgehead atoms. The van der Waals surface area contributed by atoms with Gasteiger partial charge in [0.2, 0.25) is 0 Å². The molecule has 0 unspecified atom stereocenters. The fourth-order valence-electron chi connectivity index (χ4n) is 5.55. The van der Waals surface area contributed by atoms with Crippen LogP contribution in [-0.4, -0.2) is 0 Å². The molecule has 0 heterocycles. The SMILES string of the molecule is Nc1ccc(Cc2ccc(Cc3ccc(Cc4ccc(Cc5ccc(Cc6ccc(N)cc6)cc5)cc4)cc3)cc2)cc1. The van der Waals surface area contributed by atoms with Gasteiger partial charge in [0.05, 0.1) is 0 Å². The van der Waals surface area contributed by atoms with Crippen LogP contribution in [-0.2, 0) is 32.1 Å². The van der Waals surface area contributed by atoms with E-state index in [0.29, 0.717) is 0 Å². The standard InChI is InChI=1S/C41H38N2/c42-40-21-17-38(18-22-40)28-36-13-9-34(10-14-36)26-32-5-1-30(2-6-32)25-31-3-7-33(8-4-31)27-35-11-15-37(16-12-35)29-39-19-23-41(43)24-20-39/h1-24H,25-29,42-43H2. The van der Waals surface area contributed by atoms with Crippen molar-refractivity contribution in [3.05, 3.63) is 201 Å². The van der Waals surface area contributed by atoms with E-state index in [1.807, 2.05) is 24.3 Å². The first kappa shape index (κ1) is 28.1. The zero-order valence-electron chi connectivity index (χ0n) is 24.5. The highest BCUT2D eigenvalue weighted by atomic mass is 14.5. The van der Waals surface area contributed by atoms with Gasteiger partial charge in [-0.3, -0.25) is 0 Å². The zero-order chi connectivity index (χ0) is 29.4. The number of rotatable bonds is 10. The van der Waals surface area contributed by atoms with Gasteiger partial charge >= 0.3 is 0 Å². The van der Waals surface area contributed by atoms with Crippen LogP contribution in [0.4, 0.5) is 11.4 Å². The van der Waals surface area contributed by atoms with Gasteiger partial charge < -0.3 is 11.5 Å². The molecule has 212 valence electrons. The van der Waals surface area contributed by atoms with Gasteiger partial charge in [-0.2, -0.15) is 0 Å². The lowest BCUT2D eigenvalue weighted by molar-refractivity contribution is 1.12. The summed E-state index contributed by atoms with van der Waals surface area (Å²) in [5.74, 6) is 0. The average Bonchev–Trinajstić information content (AvgIpc) is 3.03. The molecule has 0 aliphatic rings. The Bertz CT molecular complexity index is 1600. The van der Waals surface area contributed by atoms with Crippen molar-refractivity contribution in [2.75, 3.05) is 11.5 Å². The molecule has 0 atom stereocenters. The van der Waals surface area contributed by atoms with Crippen molar-refractivity contribution in [2.45, 2.75) is 32.1 Å². The van der Waals surface area contributed by atoms with Crippen molar-refractivity contribution in [1.29, 1.82) is 0 Å². The van der Waals surface area contributed by atoms with Crippen molar-refractivity contribution in [1.82, 2.24) is 0 Å². The molecule has 0 radical (unpaired) electrons. The van der Waals surface area contributed by atoms with Crippen LogP contribution in [0, 0.1) is 0 Å². The second-order valence-electron chi connectivity index (χ2n) is 11.6. The Hall–Kier alpha value is -5.08. The Morgan fingerprint density at radius 2 is 0.326 bits per heavy atom. The molecule has 0 amide bonds. The number of hydrogen-bond donors (Lipinski definition) is 2. The van der Waals surface area contributed by atoms with Crippen molar-refractivity contribution in [2.24, 2.45) is 0 Å². The smallest absolute Gasteiger partial charge is 0.0314 e. The molecule has 6 aromatic carbocycles. The van der Waals surface area contributed by atoms with E-state index >= 15 is 0 Å². The van der Waals surface area contributed by atoms with Crippen molar-refractivity contribution in [3.8, 4) is 0 Å². The molecule has 0 aromatic heterocycles. The number of nitrogen functional groups attached to an aromatic ring is 2. The van der Waals surface area contributed by atoms with Crippen molar-refractivity contribution < 1.29 is 0 Å². The lowest BCUT2D eigenvalue weighted by Crippen LogP contribution is -1.94. The molecular weight excluding hydrogens is 520 g/mol. The van der Waals surface area contributed by atoms with Gasteiger partial charge in [0.1, 0.15) is 0 Å². The fraction of sp³-hybridized carbons (Fsp3) is 0.122. The fourth-order valence-corrected chi connectivity index (χ4v) is 5.55. The molecule has 0 aliphatic heterocycles. The zero-order valence-corrected chi connectivity index (χ0v) is 24.5. The van der Waals surface area contributed by atoms with Crippen LogP contribution in [0.5, 0.6) is 0 Å². The Labute approximate surface area is 255 Å². The van der Waals surface area contributed by atoms with Gasteiger partial charge in [-0.05, 0) is 112 Å². The average molecular weight is 559 g/mol. The molecule has 0 saturated carbocycles. The molecule has 2 heteroatoms. The summed E-state index contributed by atoms with van der Waals surface area (Å²) in [4.78, 5) is 0. The third kappa shape index (κ3) is 8.02. The minimum atomic E-state index is 0.808. The van der Waals surface area contributed by atoms with E-state index < -0.39 is 0 Å². The molecule has 0 fully saturated rings. The summed E-state index contributed by atoms with van der Waals surface area (Å²) in [6.45, 7) is 0. The molecule has 6 aromatic rings. The van der Waals surface area contributed by atoms with E-state index in [0.717, 1.165) is 43.5 Å². The van der Waals surface area contributed by atoms with E-state index in [1.165, 1.54) is 55.6 Å². The van der Waals surface area contributed by atoms with Crippen LogP contribution in [0.1, 0.15) is 55.6 Å². The van der Waals surface area contributed by atoms with E-state index in [1.54, 1.807) is 0 Å². The highest BCUT2D eigenvalue weighted by molar-refractivity contribution is 5.42. The molecule has 0 aliphatic carbocycles. The summed E-state index contributed by atoms with van der Waals surface area (Å²) in [6, 6.07) is 52.4. The quantitative estimate of drug-likeness (QED) is 0.165. The Morgan fingerprint density at radius 3 is 0.465 bits per heavy atom. The maximum absolute atomic E-state index is 5.81. The minimum Gasteiger partial charge on any atom is -0.399 e. The first-order valence-corrected chi connectivity index (χ1v) is 15.0. The van der Waals surface area contributed by atoms with E-state index in [2.05, 4.69) is 121 Å². The highest BCUT2D eigenvalue weighted by Gasteiger charge is 2.04. The summed E-state index contributed by atoms with van der Waals surface area (Å²) in [5.41, 5.74) is 26.5. The number of hydrogen-bond acceptors (Lipinski definition) is 2. The number of benzene rings is 6. The molecule has 2 nitrogen and oxygen atoms in total. The van der Waals surface area contributed by atoms with Crippen LogP contribution >= 0.6 is 0 Å². The van der Waals surface area contributed by atoms with Gasteiger partial charge in [-0.25, -0.2) is 0 Å². The molecule has 4 N–H and O–H groups in total. The van der Waals surface area contributed by atoms with Gasteiger partial charge in [-0.1, -0.05) is 121 Å². The van der Waals surface area contributed by atoms with Crippen LogP contribution in [0.2, 0.25) is 0 Å². The lowest BCUT2D eigenvalue weighted by atomic mass is 9.97. The van der Waals surface area contributed by atoms with E-state index in [9.17, 15) is 0 Å². The maximum Gasteiger partial charge on any atom is 0.0314 e. The molecule has 0 saturated heterocycles. The first-order valence-electron chi connectivity index (χ1n) is 15.0. The van der Waals surface area contributed by atoms with Gasteiger partial charge in [-0.15, -0.1) is 0 Å². The van der Waals surface area contributed by atoms with E-state index in [4.69, 9.17) is 11.5 Å². The predicted molar refractivity (Wildman–Crippen MR) is 182 cm³/mol. The maximum atomic E-state index is 5.81. The molecule has 43 heavy (non-hydrogen) atoms. The monoisotopic (exact) mass is 558 g/mol. The molecule has 0 spiro atoms. The summed E-state index contributed by atoms with van der Waals surface area (Å²) in [6.07, 6.45) is 4.68. The second kappa shape index (κ2) is 13.3. The van der Waals surface area contributed by atoms with E-state index in [-0.39, 0.29) is 0 Å². The van der Waals surface area contributed by atoms with Crippen LogP contribution in [0.25, 0.3) is 0 Å². The van der Waals surface area contributed by atoms with Crippen LogP contribution in [0.15, 0.2) is 146 Å². The van der Waals surface area contributed by atoms with Crippen LogP contribution in [0.3, 0.4) is 0 Å². The highest BCUT2D eigenvalue weighted by Crippen LogP contribution is 2.19. The number of anilines is 2. The lowest BCUT2D eigenvalue weighted by Gasteiger charge is -2.08. The summed E-state index contributed by atoms with van der Waals surface area (Å²) < 4.78 is 0. The Morgan fingerprint density at radius 1 is 0.209 bits per heavy atom. The Kier molecular flexibility index (Phi) is 8.66. The first-order chi connectivity index (χ1) is 21.0. The summed E-state index contributed by atoms with van der Waals surface area (Å²) in [5, 5.41) is 0. The second-order valence-corrected chi connectivity index (χ2v) is 11.6. The van der Waals surface area contributed by atoms with Crippen LogP contribution < -0.4 is 11.5 Å². The van der Waals surface area contributed by atoms with Gasteiger partial charge in [0.15, 0.2) is 0 Å². The largest absolute Gasteiger partial charge is 0.399 e. The predicted octanol–water partition coefficient (Wildman–Crippen LogP) is 8.81. The third-order valence-electron chi connectivity index (χ3n) is 8.09. The topological polar surface area (TPSA) is 52.0 Å². The number of nitrogens with two attached hydrogens (primary N) is 2. The van der Waals surface area contributed by atoms with Crippen molar-refractivity contribution in [3.63, 3.8) is 0 Å². The van der Waals surface area contributed by atoms with Gasteiger partial charge in [0, 0.05) is 11.4 Å².